The number of nitrogens with two attached hydrogens (primary N) is 1. The van der Waals surface area contributed by atoms with E-state index in [1.54, 1.807) is 7.11 Å². The van der Waals surface area contributed by atoms with Gasteiger partial charge >= 0.3 is 0 Å². The second kappa shape index (κ2) is 3.56. The van der Waals surface area contributed by atoms with E-state index in [1.165, 1.54) is 25.8 Å². The molecule has 3 heteroatoms. The lowest BCUT2D eigenvalue weighted by molar-refractivity contribution is -0.0309. The van der Waals surface area contributed by atoms with E-state index in [-0.39, 0.29) is 0 Å². The number of hydrogen-bond donors (Lipinski definition) is 1. The minimum absolute atomic E-state index is 0.364. The molecule has 2 fully saturated rings. The quantitative estimate of drug-likeness (QED) is 0.697. The van der Waals surface area contributed by atoms with E-state index < -0.39 is 0 Å². The Kier molecular flexibility index (Phi) is 2.58. The summed E-state index contributed by atoms with van der Waals surface area (Å²) in [6.45, 7) is 3.13. The minimum atomic E-state index is 0.364. The van der Waals surface area contributed by atoms with E-state index in [1.807, 2.05) is 0 Å². The Morgan fingerprint density at radius 2 is 2.31 bits per heavy atom. The summed E-state index contributed by atoms with van der Waals surface area (Å²) in [5.74, 6) is 0. The van der Waals surface area contributed by atoms with Crippen LogP contribution in [0.2, 0.25) is 0 Å². The molecule has 1 saturated heterocycles. The average molecular weight is 184 g/mol. The van der Waals surface area contributed by atoms with Gasteiger partial charge in [-0.05, 0) is 25.7 Å². The van der Waals surface area contributed by atoms with Crippen LogP contribution in [-0.4, -0.2) is 43.3 Å². The van der Waals surface area contributed by atoms with Crippen molar-refractivity contribution in [2.75, 3.05) is 26.8 Å². The maximum atomic E-state index is 5.91. The second-order valence-electron chi connectivity index (χ2n) is 4.51. The van der Waals surface area contributed by atoms with Crippen LogP contribution in [-0.2, 0) is 4.74 Å². The van der Waals surface area contributed by atoms with E-state index in [0.29, 0.717) is 11.6 Å². The van der Waals surface area contributed by atoms with Crippen molar-refractivity contribution in [3.8, 4) is 0 Å². The van der Waals surface area contributed by atoms with Crippen LogP contribution in [0.4, 0.5) is 0 Å². The number of likely N-dealkylation sites (tertiary alicyclic amines) is 1. The van der Waals surface area contributed by atoms with Crippen LogP contribution in [0.5, 0.6) is 0 Å². The van der Waals surface area contributed by atoms with Gasteiger partial charge in [-0.1, -0.05) is 0 Å². The normalized spacial score (nSPS) is 33.2. The fourth-order valence-electron chi connectivity index (χ4n) is 2.62. The first kappa shape index (κ1) is 9.44. The summed E-state index contributed by atoms with van der Waals surface area (Å²) in [5, 5.41) is 0. The Morgan fingerprint density at radius 1 is 1.54 bits per heavy atom. The molecule has 13 heavy (non-hydrogen) atoms. The number of nitrogens with zero attached hydrogens (tertiary/aromatic N) is 1. The topological polar surface area (TPSA) is 38.5 Å². The molecule has 1 atom stereocenters. The molecule has 0 bridgehead atoms. The molecule has 0 radical (unpaired) electrons. The fraction of sp³-hybridized carbons (Fsp3) is 1.00. The highest BCUT2D eigenvalue weighted by molar-refractivity contribution is 5.01. The average Bonchev–Trinajstić information content (AvgIpc) is 2.44. The van der Waals surface area contributed by atoms with E-state index in [9.17, 15) is 0 Å². The van der Waals surface area contributed by atoms with Crippen molar-refractivity contribution in [2.45, 2.75) is 37.3 Å². The Labute approximate surface area is 80.2 Å². The Bertz CT molecular complexity index is 180. The summed E-state index contributed by atoms with van der Waals surface area (Å²) < 4.78 is 5.31. The number of rotatable bonds is 3. The smallest absolute Gasteiger partial charge is 0.0646 e. The van der Waals surface area contributed by atoms with Crippen LogP contribution in [0.15, 0.2) is 0 Å². The summed E-state index contributed by atoms with van der Waals surface area (Å²) in [5.41, 5.74) is 6.28. The van der Waals surface area contributed by atoms with Gasteiger partial charge in [-0.25, -0.2) is 0 Å². The Hall–Kier alpha value is -0.120. The molecule has 0 aromatic rings. The predicted molar refractivity (Wildman–Crippen MR) is 52.6 cm³/mol. The summed E-state index contributed by atoms with van der Waals surface area (Å²) in [4.78, 5) is 2.55. The second-order valence-corrected chi connectivity index (χ2v) is 4.51. The van der Waals surface area contributed by atoms with Crippen LogP contribution in [0.1, 0.15) is 25.7 Å². The monoisotopic (exact) mass is 184 g/mol. The maximum absolute atomic E-state index is 5.91. The maximum Gasteiger partial charge on any atom is 0.0646 e. The van der Waals surface area contributed by atoms with Gasteiger partial charge in [0.15, 0.2) is 0 Å². The van der Waals surface area contributed by atoms with E-state index in [2.05, 4.69) is 4.90 Å². The number of ether oxygens (including phenoxy) is 1. The molecule has 1 saturated carbocycles. The lowest BCUT2D eigenvalue weighted by Gasteiger charge is -2.48. The van der Waals surface area contributed by atoms with Crippen molar-refractivity contribution >= 4 is 0 Å². The van der Waals surface area contributed by atoms with Gasteiger partial charge in [-0.3, -0.25) is 4.90 Å². The van der Waals surface area contributed by atoms with Gasteiger partial charge in [-0.15, -0.1) is 0 Å². The molecular weight excluding hydrogens is 164 g/mol. The largest absolute Gasteiger partial charge is 0.383 e. The number of methoxy groups -OCH3 is 1. The molecule has 0 aromatic heterocycles. The van der Waals surface area contributed by atoms with Crippen molar-refractivity contribution in [3.05, 3.63) is 0 Å². The first-order chi connectivity index (χ1) is 6.27. The highest BCUT2D eigenvalue weighted by Gasteiger charge is 2.44. The van der Waals surface area contributed by atoms with Gasteiger partial charge < -0.3 is 10.5 Å². The Balaban J connectivity index is 1.96. The van der Waals surface area contributed by atoms with Crippen LogP contribution in [0.3, 0.4) is 0 Å². The van der Waals surface area contributed by atoms with E-state index >= 15 is 0 Å². The third-order valence-corrected chi connectivity index (χ3v) is 3.59. The lowest BCUT2D eigenvalue weighted by Crippen LogP contribution is -2.56. The van der Waals surface area contributed by atoms with Crippen molar-refractivity contribution in [3.63, 3.8) is 0 Å². The molecular formula is C10H20N2O. The molecule has 2 rings (SSSR count). The van der Waals surface area contributed by atoms with Crippen LogP contribution >= 0.6 is 0 Å². The highest BCUT2D eigenvalue weighted by atomic mass is 16.5. The zero-order chi connectivity index (χ0) is 9.31. The zero-order valence-electron chi connectivity index (χ0n) is 8.46. The molecule has 0 spiro atoms. The Morgan fingerprint density at radius 3 is 2.69 bits per heavy atom. The third kappa shape index (κ3) is 1.60. The van der Waals surface area contributed by atoms with Crippen LogP contribution < -0.4 is 5.73 Å². The fourth-order valence-corrected chi connectivity index (χ4v) is 2.62. The van der Waals surface area contributed by atoms with Crippen molar-refractivity contribution in [1.82, 2.24) is 4.90 Å². The van der Waals surface area contributed by atoms with Crippen LogP contribution in [0, 0.1) is 0 Å². The molecule has 2 N–H and O–H groups in total. The molecule has 1 aliphatic heterocycles. The summed E-state index contributed by atoms with van der Waals surface area (Å²) >= 11 is 0. The molecule has 1 unspecified atom stereocenters. The molecule has 1 aliphatic carbocycles. The summed E-state index contributed by atoms with van der Waals surface area (Å²) in [6, 6.07) is 0.398. The number of hydrogen-bond acceptors (Lipinski definition) is 3. The van der Waals surface area contributed by atoms with Gasteiger partial charge in [0.1, 0.15) is 0 Å². The van der Waals surface area contributed by atoms with Crippen molar-refractivity contribution in [1.29, 1.82) is 0 Å². The van der Waals surface area contributed by atoms with E-state index in [4.69, 9.17) is 10.5 Å². The highest BCUT2D eigenvalue weighted by Crippen LogP contribution is 2.39. The summed E-state index contributed by atoms with van der Waals surface area (Å²) in [6.07, 6.45) is 5.11. The van der Waals surface area contributed by atoms with E-state index in [0.717, 1.165) is 19.6 Å². The molecule has 76 valence electrons. The van der Waals surface area contributed by atoms with Gasteiger partial charge in [0.25, 0.3) is 0 Å². The predicted octanol–water partition coefficient (Wildman–Crippen LogP) is 0.588. The van der Waals surface area contributed by atoms with Gasteiger partial charge in [-0.2, -0.15) is 0 Å². The third-order valence-electron chi connectivity index (χ3n) is 3.59. The molecule has 2 aliphatic rings. The molecule has 0 aromatic carbocycles. The molecule has 1 heterocycles. The van der Waals surface area contributed by atoms with Gasteiger partial charge in [0.05, 0.1) is 6.61 Å². The van der Waals surface area contributed by atoms with Gasteiger partial charge in [0, 0.05) is 31.8 Å². The summed E-state index contributed by atoms with van der Waals surface area (Å²) in [7, 11) is 1.80. The van der Waals surface area contributed by atoms with Gasteiger partial charge in [0.2, 0.25) is 0 Å². The lowest BCUT2D eigenvalue weighted by atomic mass is 9.76. The molecule has 0 amide bonds. The zero-order valence-corrected chi connectivity index (χ0v) is 8.46. The van der Waals surface area contributed by atoms with Crippen molar-refractivity contribution < 1.29 is 4.74 Å². The van der Waals surface area contributed by atoms with Crippen molar-refractivity contribution in [2.24, 2.45) is 5.73 Å². The standard InChI is InChI=1S/C10H20N2O/c1-13-8-10(4-2-5-10)12-6-3-9(11)7-12/h9H,2-8,11H2,1H3. The first-order valence-corrected chi connectivity index (χ1v) is 5.26. The van der Waals surface area contributed by atoms with Crippen LogP contribution in [0.25, 0.3) is 0 Å². The molecule has 3 nitrogen and oxygen atoms in total. The SMILES string of the molecule is COCC1(N2CCC(N)C2)CCC1. The first-order valence-electron chi connectivity index (χ1n) is 5.26. The minimum Gasteiger partial charge on any atom is -0.383 e.